The van der Waals surface area contributed by atoms with E-state index in [1.807, 2.05) is 0 Å². The molecule has 0 N–H and O–H groups in total. The van der Waals surface area contributed by atoms with Gasteiger partial charge in [-0.25, -0.2) is 0 Å². The van der Waals surface area contributed by atoms with E-state index in [-0.39, 0.29) is 0 Å². The van der Waals surface area contributed by atoms with E-state index in [4.69, 9.17) is 0 Å². The van der Waals surface area contributed by atoms with Gasteiger partial charge in [-0.1, -0.05) is 43.2 Å². The first-order valence-corrected chi connectivity index (χ1v) is 5.35. The van der Waals surface area contributed by atoms with Gasteiger partial charge in [0.1, 0.15) is 0 Å². The summed E-state index contributed by atoms with van der Waals surface area (Å²) in [4.78, 5) is 0. The Morgan fingerprint density at radius 2 is 2.00 bits per heavy atom. The number of hydrogen-bond acceptors (Lipinski definition) is 0. The van der Waals surface area contributed by atoms with Crippen molar-refractivity contribution in [1.82, 2.24) is 0 Å². The predicted octanol–water partition coefficient (Wildman–Crippen LogP) is 4.40. The van der Waals surface area contributed by atoms with Gasteiger partial charge in [0.05, 0.1) is 0 Å². The predicted molar refractivity (Wildman–Crippen MR) is 59.7 cm³/mol. The van der Waals surface area contributed by atoms with Crippen LogP contribution in [0, 0.1) is 0 Å². The van der Waals surface area contributed by atoms with Crippen LogP contribution in [-0.2, 0) is 0 Å². The Kier molecular flexibility index (Phi) is 4.59. The fourth-order valence-electron chi connectivity index (χ4n) is 1.68. The molecule has 0 bridgehead atoms. The summed E-state index contributed by atoms with van der Waals surface area (Å²) in [6.07, 6.45) is 15.3. The Labute approximate surface area is 82.0 Å². The highest BCUT2D eigenvalue weighted by Gasteiger charge is 1.98. The molecule has 0 atom stereocenters. The van der Waals surface area contributed by atoms with E-state index in [0.717, 1.165) is 6.42 Å². The van der Waals surface area contributed by atoms with Crippen molar-refractivity contribution in [2.75, 3.05) is 0 Å². The molecule has 0 radical (unpaired) electrons. The molecule has 0 unspecified atom stereocenters. The van der Waals surface area contributed by atoms with Crippen LogP contribution in [0.4, 0.5) is 0 Å². The first kappa shape index (κ1) is 10.3. The summed E-state index contributed by atoms with van der Waals surface area (Å²) in [7, 11) is 0. The Balaban J connectivity index is 2.71. The third-order valence-electron chi connectivity index (χ3n) is 2.48. The van der Waals surface area contributed by atoms with Gasteiger partial charge in [0.2, 0.25) is 0 Å². The second kappa shape index (κ2) is 5.80. The molecule has 72 valence electrons. The van der Waals surface area contributed by atoms with Gasteiger partial charge in [-0.05, 0) is 38.2 Å². The van der Waals surface area contributed by atoms with Crippen LogP contribution in [0.25, 0.3) is 0 Å². The minimum atomic E-state index is 1.11. The molecule has 0 aliphatic heterocycles. The molecule has 1 aliphatic carbocycles. The van der Waals surface area contributed by atoms with E-state index in [2.05, 4.69) is 38.2 Å². The van der Waals surface area contributed by atoms with E-state index in [1.54, 1.807) is 5.57 Å². The van der Waals surface area contributed by atoms with E-state index in [9.17, 15) is 0 Å². The lowest BCUT2D eigenvalue weighted by Crippen LogP contribution is -1.85. The largest absolute Gasteiger partial charge is 0.0879 e. The van der Waals surface area contributed by atoms with Crippen LogP contribution in [-0.4, -0.2) is 0 Å². The summed E-state index contributed by atoms with van der Waals surface area (Å²) in [6, 6.07) is 0. The quantitative estimate of drug-likeness (QED) is 0.547. The van der Waals surface area contributed by atoms with Gasteiger partial charge in [-0.2, -0.15) is 0 Å². The third-order valence-corrected chi connectivity index (χ3v) is 2.48. The molecule has 0 fully saturated rings. The fourth-order valence-corrected chi connectivity index (χ4v) is 1.68. The molecule has 13 heavy (non-hydrogen) atoms. The number of hydrogen-bond donors (Lipinski definition) is 0. The van der Waals surface area contributed by atoms with Crippen LogP contribution in [0.3, 0.4) is 0 Å². The summed E-state index contributed by atoms with van der Waals surface area (Å²) in [6.45, 7) is 4.49. The molecule has 0 amide bonds. The Morgan fingerprint density at radius 3 is 2.77 bits per heavy atom. The lowest BCUT2D eigenvalue weighted by atomic mass is 10.0. The van der Waals surface area contributed by atoms with Crippen molar-refractivity contribution >= 4 is 0 Å². The van der Waals surface area contributed by atoms with E-state index < -0.39 is 0 Å². The zero-order valence-corrected chi connectivity index (χ0v) is 8.84. The van der Waals surface area contributed by atoms with Crippen molar-refractivity contribution in [2.45, 2.75) is 46.0 Å². The van der Waals surface area contributed by atoms with Crippen molar-refractivity contribution in [3.63, 3.8) is 0 Å². The van der Waals surface area contributed by atoms with E-state index in [0.29, 0.717) is 0 Å². The molecular formula is C13H20. The van der Waals surface area contributed by atoms with Gasteiger partial charge in [0.25, 0.3) is 0 Å². The average Bonchev–Trinajstić information content (AvgIpc) is 2.21. The number of rotatable bonds is 2. The summed E-state index contributed by atoms with van der Waals surface area (Å²) < 4.78 is 0. The average molecular weight is 176 g/mol. The van der Waals surface area contributed by atoms with Gasteiger partial charge in [0.15, 0.2) is 0 Å². The van der Waals surface area contributed by atoms with Gasteiger partial charge in [-0.3, -0.25) is 0 Å². The van der Waals surface area contributed by atoms with Crippen molar-refractivity contribution in [1.29, 1.82) is 0 Å². The van der Waals surface area contributed by atoms with E-state index in [1.165, 1.54) is 31.3 Å². The normalized spacial score (nSPS) is 28.8. The highest BCUT2D eigenvalue weighted by atomic mass is 14.0. The molecule has 0 heteroatoms. The van der Waals surface area contributed by atoms with E-state index >= 15 is 0 Å². The van der Waals surface area contributed by atoms with Crippen molar-refractivity contribution < 1.29 is 0 Å². The van der Waals surface area contributed by atoms with Gasteiger partial charge in [0, 0.05) is 0 Å². The monoisotopic (exact) mass is 176 g/mol. The van der Waals surface area contributed by atoms with Crippen LogP contribution < -0.4 is 0 Å². The topological polar surface area (TPSA) is 0 Å². The summed E-state index contributed by atoms with van der Waals surface area (Å²) in [5.74, 6) is 0. The van der Waals surface area contributed by atoms with Gasteiger partial charge >= 0.3 is 0 Å². The maximum Gasteiger partial charge on any atom is -0.0163 e. The molecule has 0 heterocycles. The van der Waals surface area contributed by atoms with Gasteiger partial charge in [-0.15, -0.1) is 0 Å². The minimum Gasteiger partial charge on any atom is -0.0879 e. The maximum absolute atomic E-state index is 2.37. The summed E-state index contributed by atoms with van der Waals surface area (Å²) in [5.41, 5.74) is 3.04. The molecule has 0 aromatic rings. The summed E-state index contributed by atoms with van der Waals surface area (Å²) >= 11 is 0. The van der Waals surface area contributed by atoms with Crippen LogP contribution >= 0.6 is 0 Å². The Morgan fingerprint density at radius 1 is 1.15 bits per heavy atom. The zero-order chi connectivity index (χ0) is 9.52. The van der Waals surface area contributed by atoms with Crippen molar-refractivity contribution in [2.24, 2.45) is 0 Å². The van der Waals surface area contributed by atoms with Crippen LogP contribution in [0.1, 0.15) is 46.0 Å². The molecule has 1 rings (SSSR count). The second-order valence-electron chi connectivity index (χ2n) is 3.65. The molecular weight excluding hydrogens is 156 g/mol. The molecule has 0 saturated heterocycles. The highest BCUT2D eigenvalue weighted by Crippen LogP contribution is 2.18. The lowest BCUT2D eigenvalue weighted by molar-refractivity contribution is 0.902. The van der Waals surface area contributed by atoms with Crippen LogP contribution in [0.2, 0.25) is 0 Å². The smallest absolute Gasteiger partial charge is 0.0163 e. The van der Waals surface area contributed by atoms with Crippen LogP contribution in [0.5, 0.6) is 0 Å². The highest BCUT2D eigenvalue weighted by molar-refractivity contribution is 5.30. The number of allylic oxidation sites excluding steroid dienone is 6. The molecule has 0 aromatic carbocycles. The van der Waals surface area contributed by atoms with Crippen LogP contribution in [0.15, 0.2) is 35.5 Å². The second-order valence-corrected chi connectivity index (χ2v) is 3.65. The first-order chi connectivity index (χ1) is 6.34. The van der Waals surface area contributed by atoms with Gasteiger partial charge < -0.3 is 0 Å². The third kappa shape index (κ3) is 3.63. The lowest BCUT2D eigenvalue weighted by Gasteiger charge is -2.05. The maximum atomic E-state index is 2.37. The molecule has 0 nitrogen and oxygen atoms in total. The zero-order valence-electron chi connectivity index (χ0n) is 8.84. The van der Waals surface area contributed by atoms with Crippen molar-refractivity contribution in [3.8, 4) is 0 Å². The minimum absolute atomic E-state index is 1.11. The molecule has 0 aromatic heterocycles. The summed E-state index contributed by atoms with van der Waals surface area (Å²) in [5, 5.41) is 0. The molecule has 0 spiro atoms. The molecule has 0 saturated carbocycles. The standard InChI is InChI=1S/C13H20/c1-3-9-13-11-8-6-4-5-7-10-12(13)2/h4,6,10-11H,3,5,7-9H2,1-2H3/b6-4+,12-10+,13-11-. The Bertz CT molecular complexity index is 228. The molecule has 1 aliphatic rings. The van der Waals surface area contributed by atoms with Crippen molar-refractivity contribution in [3.05, 3.63) is 35.5 Å². The SMILES string of the molecule is CCCC1=C/C/C=C/CC\C=C\1C. The fraction of sp³-hybridized carbons (Fsp3) is 0.538. The first-order valence-electron chi connectivity index (χ1n) is 5.35. The Hall–Kier alpha value is -0.780.